The van der Waals surface area contributed by atoms with Gasteiger partial charge in [-0.05, 0) is 43.7 Å². The Balaban J connectivity index is 1.24. The molecule has 1 aliphatic heterocycles. The number of anilines is 2. The van der Waals surface area contributed by atoms with E-state index in [-0.39, 0.29) is 5.91 Å². The van der Waals surface area contributed by atoms with Gasteiger partial charge in [-0.1, -0.05) is 11.6 Å². The average molecular weight is 497 g/mol. The van der Waals surface area contributed by atoms with Gasteiger partial charge in [0.15, 0.2) is 0 Å². The van der Waals surface area contributed by atoms with Gasteiger partial charge in [-0.25, -0.2) is 19.3 Å². The standard InChI is InChI=1S/C24H26ClFN8O/c1-33-13-21(29-14-33)19-3-6-28-24(32-19)30-17-9-15-10-20(31-22(15)18(25)11-17)23(35)27-5-2-7-34-8-4-16(26)12-34/h3,6,9-11,13-14,16,31H,2,4-5,7-8,12H2,1H3,(H,27,35)(H,28,30,32)/t16-/m1/s1. The first-order valence-corrected chi connectivity index (χ1v) is 11.9. The molecule has 1 atom stereocenters. The van der Waals surface area contributed by atoms with Crippen LogP contribution >= 0.6 is 11.6 Å². The highest BCUT2D eigenvalue weighted by molar-refractivity contribution is 6.35. The number of hydrogen-bond donors (Lipinski definition) is 3. The predicted molar refractivity (Wildman–Crippen MR) is 134 cm³/mol. The summed E-state index contributed by atoms with van der Waals surface area (Å²) in [5.74, 6) is 0.206. The number of benzene rings is 1. The Morgan fingerprint density at radius 3 is 2.94 bits per heavy atom. The van der Waals surface area contributed by atoms with Crippen LogP contribution in [0.15, 0.2) is 43.0 Å². The fourth-order valence-corrected chi connectivity index (χ4v) is 4.49. The van der Waals surface area contributed by atoms with Crippen LogP contribution < -0.4 is 10.6 Å². The van der Waals surface area contributed by atoms with Crippen LogP contribution in [0.2, 0.25) is 5.02 Å². The lowest BCUT2D eigenvalue weighted by Gasteiger charge is -2.14. The summed E-state index contributed by atoms with van der Waals surface area (Å²) in [6.45, 7) is 2.57. The maximum atomic E-state index is 13.3. The number of rotatable bonds is 8. The molecule has 0 bridgehead atoms. The normalized spacial score (nSPS) is 16.1. The van der Waals surface area contributed by atoms with Crippen LogP contribution in [0.5, 0.6) is 0 Å². The van der Waals surface area contributed by atoms with Crippen molar-refractivity contribution in [1.82, 2.24) is 34.7 Å². The minimum Gasteiger partial charge on any atom is -0.351 e. The molecule has 1 saturated heterocycles. The van der Waals surface area contributed by atoms with Crippen LogP contribution in [-0.2, 0) is 7.05 Å². The van der Waals surface area contributed by atoms with Crippen molar-refractivity contribution in [2.75, 3.05) is 31.5 Å². The van der Waals surface area contributed by atoms with Crippen molar-refractivity contribution in [3.05, 3.63) is 53.7 Å². The largest absolute Gasteiger partial charge is 0.351 e. The van der Waals surface area contributed by atoms with E-state index in [2.05, 4.69) is 35.5 Å². The Labute approximate surface area is 206 Å². The molecule has 182 valence electrons. The van der Waals surface area contributed by atoms with E-state index < -0.39 is 6.17 Å². The third-order valence-corrected chi connectivity index (χ3v) is 6.25. The average Bonchev–Trinajstić information content (AvgIpc) is 3.57. The van der Waals surface area contributed by atoms with Crippen LogP contribution in [0.4, 0.5) is 16.0 Å². The SMILES string of the molecule is Cn1cnc(-c2ccnc(Nc3cc(Cl)c4[nH]c(C(=O)NCCCN5CC[C@@H](F)C5)cc4c3)n2)c1. The smallest absolute Gasteiger partial charge is 0.267 e. The van der Waals surface area contributed by atoms with E-state index in [1.165, 1.54) is 0 Å². The molecule has 0 aliphatic carbocycles. The number of H-pyrrole nitrogens is 1. The number of halogens is 2. The zero-order valence-electron chi connectivity index (χ0n) is 19.3. The molecule has 1 amide bonds. The van der Waals surface area contributed by atoms with Gasteiger partial charge in [0.25, 0.3) is 5.91 Å². The third kappa shape index (κ3) is 5.44. The Bertz CT molecular complexity index is 1350. The number of amides is 1. The van der Waals surface area contributed by atoms with Crippen LogP contribution in [0.25, 0.3) is 22.3 Å². The van der Waals surface area contributed by atoms with E-state index in [1.54, 1.807) is 30.7 Å². The first-order chi connectivity index (χ1) is 16.9. The fourth-order valence-electron chi connectivity index (χ4n) is 4.22. The van der Waals surface area contributed by atoms with Crippen LogP contribution in [0, 0.1) is 0 Å². The molecule has 1 fully saturated rings. The second-order valence-electron chi connectivity index (χ2n) is 8.72. The van der Waals surface area contributed by atoms with E-state index >= 15 is 0 Å². The molecule has 1 aromatic carbocycles. The number of hydrogen-bond acceptors (Lipinski definition) is 6. The van der Waals surface area contributed by atoms with Crippen molar-refractivity contribution >= 4 is 40.0 Å². The molecular formula is C24H26ClFN8O. The van der Waals surface area contributed by atoms with Gasteiger partial charge in [-0.15, -0.1) is 0 Å². The number of nitrogens with zero attached hydrogens (tertiary/aromatic N) is 5. The van der Waals surface area contributed by atoms with Crippen molar-refractivity contribution in [2.24, 2.45) is 7.05 Å². The van der Waals surface area contributed by atoms with Gasteiger partial charge in [-0.2, -0.15) is 0 Å². The number of carbonyl (C=O) groups excluding carboxylic acids is 1. The number of carbonyl (C=O) groups is 1. The quantitative estimate of drug-likeness (QED) is 0.319. The fraction of sp³-hybridized carbons (Fsp3) is 0.333. The highest BCUT2D eigenvalue weighted by atomic mass is 35.5. The summed E-state index contributed by atoms with van der Waals surface area (Å²) in [6.07, 6.45) is 5.90. The molecule has 4 aromatic rings. The van der Waals surface area contributed by atoms with Gasteiger partial charge in [-0.3, -0.25) is 4.79 Å². The molecule has 0 saturated carbocycles. The molecule has 4 heterocycles. The summed E-state index contributed by atoms with van der Waals surface area (Å²) < 4.78 is 15.1. The molecule has 5 rings (SSSR count). The monoisotopic (exact) mass is 496 g/mol. The molecule has 1 aliphatic rings. The summed E-state index contributed by atoms with van der Waals surface area (Å²) in [7, 11) is 1.90. The number of aromatic nitrogens is 5. The zero-order chi connectivity index (χ0) is 24.4. The molecule has 35 heavy (non-hydrogen) atoms. The summed E-state index contributed by atoms with van der Waals surface area (Å²) >= 11 is 6.49. The van der Waals surface area contributed by atoms with Crippen LogP contribution in [0.3, 0.4) is 0 Å². The van der Waals surface area contributed by atoms with E-state index in [1.807, 2.05) is 23.9 Å². The Morgan fingerprint density at radius 1 is 1.29 bits per heavy atom. The number of likely N-dealkylation sites (tertiary alicyclic amines) is 1. The first kappa shape index (κ1) is 23.3. The highest BCUT2D eigenvalue weighted by Gasteiger charge is 2.21. The topological polar surface area (TPSA) is 104 Å². The molecule has 3 aromatic heterocycles. The maximum Gasteiger partial charge on any atom is 0.267 e. The lowest BCUT2D eigenvalue weighted by atomic mass is 10.2. The number of imidazole rings is 1. The summed E-state index contributed by atoms with van der Waals surface area (Å²) in [6, 6.07) is 7.20. The van der Waals surface area contributed by atoms with E-state index in [0.717, 1.165) is 30.6 Å². The molecule has 3 N–H and O–H groups in total. The second kappa shape index (κ2) is 10.0. The van der Waals surface area contributed by atoms with Crippen LogP contribution in [-0.4, -0.2) is 67.7 Å². The number of fused-ring (bicyclic) bond motifs is 1. The minimum absolute atomic E-state index is 0.206. The lowest BCUT2D eigenvalue weighted by molar-refractivity contribution is 0.0947. The van der Waals surface area contributed by atoms with Crippen LogP contribution in [0.1, 0.15) is 23.3 Å². The van der Waals surface area contributed by atoms with Gasteiger partial charge in [0.1, 0.15) is 17.6 Å². The molecule has 0 radical (unpaired) electrons. The summed E-state index contributed by atoms with van der Waals surface area (Å²) in [4.78, 5) is 31.0. The second-order valence-corrected chi connectivity index (χ2v) is 9.12. The summed E-state index contributed by atoms with van der Waals surface area (Å²) in [5, 5.41) is 7.35. The summed E-state index contributed by atoms with van der Waals surface area (Å²) in [5.41, 5.74) is 3.25. The maximum absolute atomic E-state index is 13.3. The molecule has 9 nitrogen and oxygen atoms in total. The third-order valence-electron chi connectivity index (χ3n) is 5.96. The predicted octanol–water partition coefficient (Wildman–Crippen LogP) is 3.92. The molecular weight excluding hydrogens is 471 g/mol. The molecule has 11 heteroatoms. The molecule has 0 unspecified atom stereocenters. The van der Waals surface area contributed by atoms with Gasteiger partial charge >= 0.3 is 0 Å². The Hall–Kier alpha value is -3.50. The number of aromatic amines is 1. The van der Waals surface area contributed by atoms with Crippen molar-refractivity contribution < 1.29 is 9.18 Å². The van der Waals surface area contributed by atoms with Gasteiger partial charge in [0, 0.05) is 50.1 Å². The number of aryl methyl sites for hydroxylation is 1. The first-order valence-electron chi connectivity index (χ1n) is 11.5. The highest BCUT2D eigenvalue weighted by Crippen LogP contribution is 2.29. The molecule has 0 spiro atoms. The van der Waals surface area contributed by atoms with Gasteiger partial charge < -0.3 is 25.1 Å². The lowest BCUT2D eigenvalue weighted by Crippen LogP contribution is -2.29. The van der Waals surface area contributed by atoms with Crippen molar-refractivity contribution in [1.29, 1.82) is 0 Å². The minimum atomic E-state index is -0.726. The number of alkyl halides is 1. The Morgan fingerprint density at radius 2 is 2.17 bits per heavy atom. The zero-order valence-corrected chi connectivity index (χ0v) is 20.0. The van der Waals surface area contributed by atoms with Crippen molar-refractivity contribution in [3.63, 3.8) is 0 Å². The van der Waals surface area contributed by atoms with Crippen molar-refractivity contribution in [3.8, 4) is 11.4 Å². The van der Waals surface area contributed by atoms with E-state index in [0.29, 0.717) is 53.1 Å². The van der Waals surface area contributed by atoms with E-state index in [9.17, 15) is 9.18 Å². The van der Waals surface area contributed by atoms with Gasteiger partial charge in [0.05, 0.1) is 22.6 Å². The number of nitrogens with one attached hydrogen (secondary N) is 3. The van der Waals surface area contributed by atoms with Crippen molar-refractivity contribution in [2.45, 2.75) is 19.0 Å². The van der Waals surface area contributed by atoms with E-state index in [4.69, 9.17) is 11.6 Å². The Kier molecular flexibility index (Phi) is 6.65. The van der Waals surface area contributed by atoms with Gasteiger partial charge in [0.2, 0.25) is 5.95 Å².